The van der Waals surface area contributed by atoms with Gasteiger partial charge >= 0.3 is 5.69 Å². The molecule has 0 aliphatic heterocycles. The van der Waals surface area contributed by atoms with Gasteiger partial charge in [0.1, 0.15) is 0 Å². The second kappa shape index (κ2) is 6.83. The number of hydrogen-bond donors (Lipinski definition) is 2. The van der Waals surface area contributed by atoms with Crippen LogP contribution >= 0.6 is 0 Å². The Hall–Kier alpha value is -1.96. The summed E-state index contributed by atoms with van der Waals surface area (Å²) in [7, 11) is 1.37. The van der Waals surface area contributed by atoms with Crippen LogP contribution in [0.25, 0.3) is 0 Å². The van der Waals surface area contributed by atoms with Gasteiger partial charge in [0, 0.05) is 20.1 Å². The van der Waals surface area contributed by atoms with Crippen LogP contribution in [0.5, 0.6) is 0 Å². The van der Waals surface area contributed by atoms with Crippen LogP contribution in [0, 0.1) is 0 Å². The highest BCUT2D eigenvalue weighted by Crippen LogP contribution is 1.86. The van der Waals surface area contributed by atoms with E-state index in [1.807, 2.05) is 18.8 Å². The van der Waals surface area contributed by atoms with Crippen molar-refractivity contribution in [2.75, 3.05) is 26.2 Å². The highest BCUT2D eigenvalue weighted by molar-refractivity contribution is 5.91. The summed E-state index contributed by atoms with van der Waals surface area (Å²) in [5, 5.41) is 6.25. The Bertz CT molecular complexity index is 544. The van der Waals surface area contributed by atoms with Crippen molar-refractivity contribution in [3.63, 3.8) is 0 Å². The molecule has 0 aliphatic carbocycles. The van der Waals surface area contributed by atoms with E-state index in [0.717, 1.165) is 17.8 Å². The molecular weight excluding hydrogens is 250 g/mol. The average Bonchev–Trinajstić information content (AvgIpc) is 2.38. The second-order valence-electron chi connectivity index (χ2n) is 4.01. The summed E-state index contributed by atoms with van der Waals surface area (Å²) in [5.74, 6) is -0.580. The van der Waals surface area contributed by atoms with Crippen LogP contribution in [0.2, 0.25) is 0 Å². The maximum atomic E-state index is 11.8. The molecule has 1 aromatic heterocycles. The number of aromatic amines is 1. The number of carbonyl (C=O) groups excluding carboxylic acids is 1. The summed E-state index contributed by atoms with van der Waals surface area (Å²) in [6, 6.07) is 0. The van der Waals surface area contributed by atoms with E-state index in [1.54, 1.807) is 0 Å². The molecule has 1 aromatic rings. The van der Waals surface area contributed by atoms with Gasteiger partial charge in [0.05, 0.1) is 0 Å². The fourth-order valence-corrected chi connectivity index (χ4v) is 1.58. The van der Waals surface area contributed by atoms with Gasteiger partial charge in [-0.3, -0.25) is 14.6 Å². The number of nitrogens with zero attached hydrogens (tertiary/aromatic N) is 3. The number of hydrogen-bond acceptors (Lipinski definition) is 5. The highest BCUT2D eigenvalue weighted by Gasteiger charge is 2.13. The average molecular weight is 269 g/mol. The summed E-state index contributed by atoms with van der Waals surface area (Å²) >= 11 is 0. The van der Waals surface area contributed by atoms with Crippen LogP contribution in [-0.4, -0.2) is 51.8 Å². The van der Waals surface area contributed by atoms with Gasteiger partial charge in [0.15, 0.2) is 0 Å². The first-order valence-electron chi connectivity index (χ1n) is 6.17. The molecule has 106 valence electrons. The lowest BCUT2D eigenvalue weighted by Crippen LogP contribution is -2.41. The molecule has 2 N–H and O–H groups in total. The highest BCUT2D eigenvalue weighted by atomic mass is 16.2. The molecule has 0 bridgehead atoms. The Balaban J connectivity index is 2.67. The Morgan fingerprint density at radius 3 is 2.58 bits per heavy atom. The van der Waals surface area contributed by atoms with Gasteiger partial charge in [-0.1, -0.05) is 13.8 Å². The predicted molar refractivity (Wildman–Crippen MR) is 70.2 cm³/mol. The normalized spacial score (nSPS) is 10.7. The van der Waals surface area contributed by atoms with Crippen molar-refractivity contribution in [3.05, 3.63) is 26.5 Å². The van der Waals surface area contributed by atoms with E-state index in [0.29, 0.717) is 13.1 Å². The van der Waals surface area contributed by atoms with E-state index in [4.69, 9.17) is 0 Å². The first-order chi connectivity index (χ1) is 8.99. The molecule has 0 unspecified atom stereocenters. The van der Waals surface area contributed by atoms with Crippen molar-refractivity contribution >= 4 is 5.91 Å². The topological polar surface area (TPSA) is 100 Å². The quantitative estimate of drug-likeness (QED) is 0.657. The molecule has 0 atom stereocenters. The monoisotopic (exact) mass is 269 g/mol. The van der Waals surface area contributed by atoms with Crippen molar-refractivity contribution in [3.8, 4) is 0 Å². The zero-order valence-electron chi connectivity index (χ0n) is 11.4. The Morgan fingerprint density at radius 1 is 1.37 bits per heavy atom. The van der Waals surface area contributed by atoms with Gasteiger partial charge in [-0.25, -0.2) is 9.48 Å². The second-order valence-corrected chi connectivity index (χ2v) is 4.01. The molecule has 0 aromatic carbocycles. The summed E-state index contributed by atoms with van der Waals surface area (Å²) < 4.78 is 0.917. The molecule has 0 spiro atoms. The van der Waals surface area contributed by atoms with Gasteiger partial charge < -0.3 is 10.2 Å². The number of nitrogens with one attached hydrogen (secondary N) is 2. The van der Waals surface area contributed by atoms with Gasteiger partial charge in [-0.2, -0.15) is 5.10 Å². The van der Waals surface area contributed by atoms with Gasteiger partial charge in [-0.15, -0.1) is 0 Å². The van der Waals surface area contributed by atoms with E-state index in [-0.39, 0.29) is 5.69 Å². The van der Waals surface area contributed by atoms with Gasteiger partial charge in [0.2, 0.25) is 5.69 Å². The van der Waals surface area contributed by atoms with Crippen molar-refractivity contribution in [2.45, 2.75) is 13.8 Å². The van der Waals surface area contributed by atoms with Gasteiger partial charge in [0.25, 0.3) is 11.5 Å². The summed E-state index contributed by atoms with van der Waals surface area (Å²) in [5.41, 5.74) is -1.73. The maximum absolute atomic E-state index is 11.8. The largest absolute Gasteiger partial charge is 0.349 e. The van der Waals surface area contributed by atoms with E-state index in [1.165, 1.54) is 7.05 Å². The van der Waals surface area contributed by atoms with Crippen LogP contribution in [-0.2, 0) is 7.05 Å². The minimum atomic E-state index is -0.775. The molecule has 0 radical (unpaired) electrons. The Morgan fingerprint density at radius 2 is 2.00 bits per heavy atom. The molecule has 0 saturated heterocycles. The summed E-state index contributed by atoms with van der Waals surface area (Å²) in [4.78, 5) is 38.5. The minimum absolute atomic E-state index is 0.304. The number of carbonyl (C=O) groups is 1. The lowest BCUT2D eigenvalue weighted by molar-refractivity contribution is 0.0939. The molecule has 1 amide bonds. The smallest absolute Gasteiger partial charge is 0.344 e. The van der Waals surface area contributed by atoms with Crippen LogP contribution in [0.3, 0.4) is 0 Å². The van der Waals surface area contributed by atoms with E-state index < -0.39 is 17.2 Å². The van der Waals surface area contributed by atoms with E-state index >= 15 is 0 Å². The molecule has 8 heteroatoms. The van der Waals surface area contributed by atoms with Crippen molar-refractivity contribution in [2.24, 2.45) is 7.05 Å². The first-order valence-corrected chi connectivity index (χ1v) is 6.17. The third-order valence-corrected chi connectivity index (χ3v) is 2.80. The number of rotatable bonds is 6. The zero-order chi connectivity index (χ0) is 14.4. The fraction of sp³-hybridized carbons (Fsp3) is 0.636. The number of aromatic nitrogens is 3. The number of aryl methyl sites for hydroxylation is 1. The van der Waals surface area contributed by atoms with Crippen molar-refractivity contribution in [1.29, 1.82) is 0 Å². The zero-order valence-corrected chi connectivity index (χ0v) is 11.4. The maximum Gasteiger partial charge on any atom is 0.344 e. The van der Waals surface area contributed by atoms with Crippen molar-refractivity contribution in [1.82, 2.24) is 25.0 Å². The fourth-order valence-electron chi connectivity index (χ4n) is 1.58. The van der Waals surface area contributed by atoms with Crippen LogP contribution in [0.15, 0.2) is 9.59 Å². The third-order valence-electron chi connectivity index (χ3n) is 2.80. The third kappa shape index (κ3) is 4.02. The Kier molecular flexibility index (Phi) is 5.43. The van der Waals surface area contributed by atoms with E-state index in [9.17, 15) is 14.4 Å². The molecule has 19 heavy (non-hydrogen) atoms. The van der Waals surface area contributed by atoms with Gasteiger partial charge in [-0.05, 0) is 13.1 Å². The standard InChI is InChI=1S/C11H19N5O3/c1-4-16(5-2)7-6-12-9(17)8-10(18)13-11(19)15(3)14-8/h4-7H2,1-3H3,(H,12,17)(H,13,18,19). The predicted octanol–water partition coefficient (Wildman–Crippen LogP) is -1.46. The van der Waals surface area contributed by atoms with Crippen LogP contribution in [0.4, 0.5) is 0 Å². The molecule has 0 aliphatic rings. The van der Waals surface area contributed by atoms with E-state index in [2.05, 4.69) is 15.3 Å². The molecule has 1 rings (SSSR count). The lowest BCUT2D eigenvalue weighted by atomic mass is 10.4. The summed E-state index contributed by atoms with van der Waals surface area (Å²) in [6.45, 7) is 6.97. The molecule has 0 saturated carbocycles. The SMILES string of the molecule is CCN(CC)CCNC(=O)c1nn(C)c(=O)[nH]c1=O. The molecule has 1 heterocycles. The number of amides is 1. The summed E-state index contributed by atoms with van der Waals surface area (Å²) in [6.07, 6.45) is 0. The number of H-pyrrole nitrogens is 1. The van der Waals surface area contributed by atoms with Crippen LogP contribution in [0.1, 0.15) is 24.3 Å². The molecule has 8 nitrogen and oxygen atoms in total. The first kappa shape index (κ1) is 15.1. The van der Waals surface area contributed by atoms with Crippen LogP contribution < -0.4 is 16.6 Å². The molecular formula is C11H19N5O3. The number of likely N-dealkylation sites (N-methyl/N-ethyl adjacent to an activating group) is 1. The lowest BCUT2D eigenvalue weighted by Gasteiger charge is -2.17. The van der Waals surface area contributed by atoms with Crippen molar-refractivity contribution < 1.29 is 4.79 Å². The Labute approximate surface area is 110 Å². The minimum Gasteiger partial charge on any atom is -0.349 e. The molecule has 0 fully saturated rings.